The molecule has 2 heterocycles. The Balaban J connectivity index is 1.36. The van der Waals surface area contributed by atoms with Crippen molar-refractivity contribution in [3.8, 4) is 5.75 Å². The van der Waals surface area contributed by atoms with E-state index in [0.717, 1.165) is 43.9 Å². The van der Waals surface area contributed by atoms with Crippen molar-refractivity contribution in [2.75, 3.05) is 33.4 Å². The summed E-state index contributed by atoms with van der Waals surface area (Å²) in [7, 11) is 2.13. The third-order valence-corrected chi connectivity index (χ3v) is 6.61. The number of amides is 1. The molecule has 0 bridgehead atoms. The van der Waals surface area contributed by atoms with Crippen molar-refractivity contribution in [2.45, 2.75) is 38.3 Å². The smallest absolute Gasteiger partial charge is 0.220 e. The molecule has 0 radical (unpaired) electrons. The summed E-state index contributed by atoms with van der Waals surface area (Å²) in [6.45, 7) is 3.53. The molecule has 6 nitrogen and oxygen atoms in total. The molecule has 8 heteroatoms. The van der Waals surface area contributed by atoms with Gasteiger partial charge in [0.15, 0.2) is 5.78 Å². The van der Waals surface area contributed by atoms with Gasteiger partial charge in [-0.25, -0.2) is 0 Å². The lowest BCUT2D eigenvalue weighted by Gasteiger charge is -2.31. The molecule has 1 aliphatic heterocycles. The van der Waals surface area contributed by atoms with E-state index in [4.69, 9.17) is 21.1 Å². The minimum atomic E-state index is -0.152. The molecule has 0 spiro atoms. The molecule has 1 N–H and O–H groups in total. The molecule has 1 saturated heterocycles. The van der Waals surface area contributed by atoms with Crippen molar-refractivity contribution in [2.24, 2.45) is 0 Å². The van der Waals surface area contributed by atoms with E-state index in [-0.39, 0.29) is 24.5 Å². The standard InChI is InChI=1S/C23H29ClN2O4S/c1-26(18-9-12-29-13-10-18)11-14-30-19-4-2-3-17(15-19)16-25-23(28)8-5-20(27)21-6-7-22(24)31-21/h2-4,6-7,15,18H,5,8-14,16H2,1H3,(H,25,28). The Labute approximate surface area is 192 Å². The minimum absolute atomic E-state index is 0.0619. The summed E-state index contributed by atoms with van der Waals surface area (Å²) in [6.07, 6.45) is 2.46. The van der Waals surface area contributed by atoms with E-state index in [9.17, 15) is 9.59 Å². The van der Waals surface area contributed by atoms with Crippen LogP contribution in [0.1, 0.15) is 40.9 Å². The van der Waals surface area contributed by atoms with E-state index < -0.39 is 0 Å². The van der Waals surface area contributed by atoms with Crippen LogP contribution < -0.4 is 10.1 Å². The highest BCUT2D eigenvalue weighted by Gasteiger charge is 2.18. The zero-order chi connectivity index (χ0) is 22.1. The molecule has 168 valence electrons. The fourth-order valence-corrected chi connectivity index (χ4v) is 4.48. The molecule has 0 saturated carbocycles. The van der Waals surface area contributed by atoms with Crippen LogP contribution >= 0.6 is 22.9 Å². The van der Waals surface area contributed by atoms with Gasteiger partial charge in [-0.1, -0.05) is 23.7 Å². The number of rotatable bonds is 11. The van der Waals surface area contributed by atoms with Crippen LogP contribution in [0, 0.1) is 0 Å². The molecule has 1 aromatic carbocycles. The normalized spacial score (nSPS) is 14.5. The molecule has 31 heavy (non-hydrogen) atoms. The molecule has 0 unspecified atom stereocenters. The lowest BCUT2D eigenvalue weighted by molar-refractivity contribution is -0.121. The number of carbonyl (C=O) groups is 2. The molecule has 3 rings (SSSR count). The number of likely N-dealkylation sites (N-methyl/N-ethyl adjacent to an activating group) is 1. The highest BCUT2D eigenvalue weighted by atomic mass is 35.5. The van der Waals surface area contributed by atoms with Crippen molar-refractivity contribution in [3.63, 3.8) is 0 Å². The van der Waals surface area contributed by atoms with Gasteiger partial charge in [-0.2, -0.15) is 0 Å². The first-order chi connectivity index (χ1) is 15.0. The largest absolute Gasteiger partial charge is 0.492 e. The number of benzene rings is 1. The van der Waals surface area contributed by atoms with Gasteiger partial charge in [0.05, 0.1) is 9.21 Å². The van der Waals surface area contributed by atoms with Crippen LogP contribution in [0.5, 0.6) is 5.75 Å². The first-order valence-corrected chi connectivity index (χ1v) is 11.8. The van der Waals surface area contributed by atoms with Gasteiger partial charge < -0.3 is 14.8 Å². The zero-order valence-electron chi connectivity index (χ0n) is 17.8. The fraction of sp³-hybridized carbons (Fsp3) is 0.478. The number of thiophene rings is 1. The van der Waals surface area contributed by atoms with Crippen molar-refractivity contribution in [1.29, 1.82) is 0 Å². The molecular formula is C23H29ClN2O4S. The number of Topliss-reactive ketones (excluding diaryl/α,β-unsaturated/α-hetero) is 1. The predicted molar refractivity (Wildman–Crippen MR) is 123 cm³/mol. The molecular weight excluding hydrogens is 436 g/mol. The summed E-state index contributed by atoms with van der Waals surface area (Å²) in [5.41, 5.74) is 0.958. The number of halogens is 1. The monoisotopic (exact) mass is 464 g/mol. The number of ketones is 1. The summed E-state index contributed by atoms with van der Waals surface area (Å²) in [5.74, 6) is 0.574. The summed E-state index contributed by atoms with van der Waals surface area (Å²) in [4.78, 5) is 27.1. The topological polar surface area (TPSA) is 67.9 Å². The van der Waals surface area contributed by atoms with Crippen molar-refractivity contribution >= 4 is 34.6 Å². The van der Waals surface area contributed by atoms with E-state index in [0.29, 0.717) is 28.4 Å². The molecule has 1 aromatic heterocycles. The van der Waals surface area contributed by atoms with Crippen molar-refractivity contribution in [3.05, 3.63) is 51.2 Å². The summed E-state index contributed by atoms with van der Waals surface area (Å²) in [5, 5.41) is 2.87. The third kappa shape index (κ3) is 7.92. The lowest BCUT2D eigenvalue weighted by Crippen LogP contribution is -2.38. The molecule has 1 amide bonds. The van der Waals surface area contributed by atoms with Gasteiger partial charge in [0.1, 0.15) is 12.4 Å². The summed E-state index contributed by atoms with van der Waals surface area (Å²) in [6, 6.07) is 11.7. The number of ether oxygens (including phenoxy) is 2. The van der Waals surface area contributed by atoms with Crippen LogP contribution in [-0.2, 0) is 16.1 Å². The van der Waals surface area contributed by atoms with Gasteiger partial charge in [0, 0.05) is 45.2 Å². The average Bonchev–Trinajstić information content (AvgIpc) is 3.23. The lowest BCUT2D eigenvalue weighted by atomic mass is 10.1. The second-order valence-electron chi connectivity index (χ2n) is 7.62. The first kappa shape index (κ1) is 23.7. The zero-order valence-corrected chi connectivity index (χ0v) is 19.3. The Morgan fingerprint density at radius 2 is 2.03 bits per heavy atom. The SMILES string of the molecule is CN(CCOc1cccc(CNC(=O)CCC(=O)c2ccc(Cl)s2)c1)C1CCOCC1. The van der Waals surface area contributed by atoms with E-state index in [1.165, 1.54) is 11.3 Å². The number of nitrogens with zero attached hydrogens (tertiary/aromatic N) is 1. The number of hydrogen-bond donors (Lipinski definition) is 1. The van der Waals surface area contributed by atoms with Gasteiger partial charge in [-0.05, 0) is 49.7 Å². The molecule has 1 fully saturated rings. The predicted octanol–water partition coefficient (Wildman–Crippen LogP) is 4.17. The number of carbonyl (C=O) groups excluding carboxylic acids is 2. The molecule has 0 aliphatic carbocycles. The van der Waals surface area contributed by atoms with Crippen LogP contribution in [0.4, 0.5) is 0 Å². The Morgan fingerprint density at radius 3 is 2.77 bits per heavy atom. The first-order valence-electron chi connectivity index (χ1n) is 10.6. The third-order valence-electron chi connectivity index (χ3n) is 5.34. The Bertz CT molecular complexity index is 867. The number of nitrogens with one attached hydrogen (secondary N) is 1. The van der Waals surface area contributed by atoms with E-state index in [1.807, 2.05) is 24.3 Å². The maximum atomic E-state index is 12.1. The van der Waals surface area contributed by atoms with Crippen molar-refractivity contribution in [1.82, 2.24) is 10.2 Å². The average molecular weight is 465 g/mol. The Kier molecular flexibility index (Phi) is 9.33. The summed E-state index contributed by atoms with van der Waals surface area (Å²) >= 11 is 7.09. The van der Waals surface area contributed by atoms with Gasteiger partial charge in [-0.15, -0.1) is 11.3 Å². The Morgan fingerprint density at radius 1 is 1.23 bits per heavy atom. The van der Waals surface area contributed by atoms with Crippen LogP contribution in [0.25, 0.3) is 0 Å². The highest BCUT2D eigenvalue weighted by Crippen LogP contribution is 2.23. The second-order valence-corrected chi connectivity index (χ2v) is 9.34. The van der Waals surface area contributed by atoms with Gasteiger partial charge in [-0.3, -0.25) is 14.5 Å². The van der Waals surface area contributed by atoms with Crippen molar-refractivity contribution < 1.29 is 19.1 Å². The Hall–Kier alpha value is -1.93. The second kappa shape index (κ2) is 12.2. The van der Waals surface area contributed by atoms with Crippen LogP contribution in [-0.4, -0.2) is 56.0 Å². The fourth-order valence-electron chi connectivity index (χ4n) is 3.46. The highest BCUT2D eigenvalue weighted by molar-refractivity contribution is 7.18. The maximum absolute atomic E-state index is 12.1. The molecule has 2 aromatic rings. The van der Waals surface area contributed by atoms with E-state index in [2.05, 4.69) is 17.3 Å². The van der Waals surface area contributed by atoms with E-state index >= 15 is 0 Å². The van der Waals surface area contributed by atoms with Crippen LogP contribution in [0.3, 0.4) is 0 Å². The van der Waals surface area contributed by atoms with Gasteiger partial charge in [0.25, 0.3) is 0 Å². The quantitative estimate of drug-likeness (QED) is 0.505. The van der Waals surface area contributed by atoms with Gasteiger partial charge >= 0.3 is 0 Å². The molecule has 1 aliphatic rings. The molecule has 0 atom stereocenters. The maximum Gasteiger partial charge on any atom is 0.220 e. The van der Waals surface area contributed by atoms with E-state index in [1.54, 1.807) is 12.1 Å². The van der Waals surface area contributed by atoms with Crippen LogP contribution in [0.15, 0.2) is 36.4 Å². The summed E-state index contributed by atoms with van der Waals surface area (Å²) < 4.78 is 11.9. The van der Waals surface area contributed by atoms with Gasteiger partial charge in [0.2, 0.25) is 5.91 Å². The number of hydrogen-bond acceptors (Lipinski definition) is 6. The minimum Gasteiger partial charge on any atom is -0.492 e. The van der Waals surface area contributed by atoms with Crippen LogP contribution in [0.2, 0.25) is 4.34 Å².